The van der Waals surface area contributed by atoms with Crippen molar-refractivity contribution in [2.24, 2.45) is 5.73 Å². The number of aromatic nitrogens is 1. The van der Waals surface area contributed by atoms with Crippen molar-refractivity contribution in [3.8, 4) is 0 Å². The van der Waals surface area contributed by atoms with Crippen LogP contribution >= 0.6 is 0 Å². The third-order valence-electron chi connectivity index (χ3n) is 3.20. The summed E-state index contributed by atoms with van der Waals surface area (Å²) in [6.07, 6.45) is 1.33. The van der Waals surface area contributed by atoms with E-state index in [0.717, 1.165) is 24.5 Å². The molecule has 2 heterocycles. The molecule has 2 N–H and O–H groups in total. The van der Waals surface area contributed by atoms with E-state index in [9.17, 15) is 0 Å². The van der Waals surface area contributed by atoms with Gasteiger partial charge in [-0.25, -0.2) is 4.98 Å². The second kappa shape index (κ2) is 4.80. The second-order valence-corrected chi connectivity index (χ2v) is 4.23. The van der Waals surface area contributed by atoms with Gasteiger partial charge in [0.2, 0.25) is 0 Å². The number of rotatable bonds is 3. The Morgan fingerprint density at radius 2 is 2.38 bits per heavy atom. The van der Waals surface area contributed by atoms with Crippen LogP contribution in [-0.2, 0) is 11.3 Å². The number of pyridine rings is 1. The smallest absolute Gasteiger partial charge is 0.128 e. The minimum atomic E-state index is 0.272. The SMILES string of the molecule is CC1OCCC1N(C)c1cccc(CN)n1. The fourth-order valence-electron chi connectivity index (χ4n) is 2.18. The molecule has 0 bridgehead atoms. The van der Waals surface area contributed by atoms with E-state index < -0.39 is 0 Å². The lowest BCUT2D eigenvalue weighted by Crippen LogP contribution is -2.37. The molecule has 0 aromatic carbocycles. The first-order valence-corrected chi connectivity index (χ1v) is 5.73. The molecule has 2 atom stereocenters. The molecule has 4 heteroatoms. The Bertz CT molecular complexity index is 356. The maximum absolute atomic E-state index is 5.59. The maximum atomic E-state index is 5.59. The number of nitrogens with two attached hydrogens (primary N) is 1. The highest BCUT2D eigenvalue weighted by Crippen LogP contribution is 2.22. The van der Waals surface area contributed by atoms with E-state index in [2.05, 4.69) is 23.9 Å². The summed E-state index contributed by atoms with van der Waals surface area (Å²) >= 11 is 0. The van der Waals surface area contributed by atoms with E-state index in [4.69, 9.17) is 10.5 Å². The third-order valence-corrected chi connectivity index (χ3v) is 3.20. The number of likely N-dealkylation sites (N-methyl/N-ethyl adjacent to an activating group) is 1. The number of ether oxygens (including phenoxy) is 1. The normalized spacial score (nSPS) is 24.7. The van der Waals surface area contributed by atoms with Crippen molar-refractivity contribution >= 4 is 5.82 Å². The lowest BCUT2D eigenvalue weighted by atomic mass is 10.1. The quantitative estimate of drug-likeness (QED) is 0.832. The van der Waals surface area contributed by atoms with Crippen molar-refractivity contribution < 1.29 is 4.74 Å². The van der Waals surface area contributed by atoms with Gasteiger partial charge in [-0.3, -0.25) is 0 Å². The molecule has 0 spiro atoms. The van der Waals surface area contributed by atoms with E-state index in [1.807, 2.05) is 18.2 Å². The van der Waals surface area contributed by atoms with Gasteiger partial charge in [0.05, 0.1) is 17.8 Å². The van der Waals surface area contributed by atoms with Gasteiger partial charge in [-0.2, -0.15) is 0 Å². The molecule has 1 saturated heterocycles. The predicted octanol–water partition coefficient (Wildman–Crippen LogP) is 1.15. The highest BCUT2D eigenvalue weighted by molar-refractivity contribution is 5.40. The summed E-state index contributed by atoms with van der Waals surface area (Å²) in [7, 11) is 2.07. The molecule has 1 aromatic rings. The fourth-order valence-corrected chi connectivity index (χ4v) is 2.18. The highest BCUT2D eigenvalue weighted by atomic mass is 16.5. The van der Waals surface area contributed by atoms with Gasteiger partial charge in [-0.1, -0.05) is 6.07 Å². The lowest BCUT2D eigenvalue weighted by Gasteiger charge is -2.27. The summed E-state index contributed by atoms with van der Waals surface area (Å²) in [5, 5.41) is 0. The Morgan fingerprint density at radius 3 is 3.00 bits per heavy atom. The van der Waals surface area contributed by atoms with Crippen LogP contribution in [0.1, 0.15) is 19.0 Å². The van der Waals surface area contributed by atoms with E-state index >= 15 is 0 Å². The zero-order chi connectivity index (χ0) is 11.5. The van der Waals surface area contributed by atoms with Crippen molar-refractivity contribution in [3.63, 3.8) is 0 Å². The second-order valence-electron chi connectivity index (χ2n) is 4.23. The van der Waals surface area contributed by atoms with Gasteiger partial charge in [0, 0.05) is 20.2 Å². The molecule has 1 aliphatic heterocycles. The molecule has 0 amide bonds. The van der Waals surface area contributed by atoms with E-state index in [1.54, 1.807) is 0 Å². The molecule has 4 nitrogen and oxygen atoms in total. The van der Waals surface area contributed by atoms with Crippen molar-refractivity contribution in [1.82, 2.24) is 4.98 Å². The van der Waals surface area contributed by atoms with Gasteiger partial charge in [-0.15, -0.1) is 0 Å². The molecular weight excluding hydrogens is 202 g/mol. The molecule has 0 aliphatic carbocycles. The van der Waals surface area contributed by atoms with Crippen LogP contribution < -0.4 is 10.6 Å². The molecule has 2 unspecified atom stereocenters. The van der Waals surface area contributed by atoms with Crippen LogP contribution in [0.2, 0.25) is 0 Å². The largest absolute Gasteiger partial charge is 0.376 e. The van der Waals surface area contributed by atoms with Crippen molar-refractivity contribution in [1.29, 1.82) is 0 Å². The van der Waals surface area contributed by atoms with Crippen LogP contribution in [-0.4, -0.2) is 30.8 Å². The molecule has 1 fully saturated rings. The topological polar surface area (TPSA) is 51.4 Å². The summed E-state index contributed by atoms with van der Waals surface area (Å²) in [6.45, 7) is 3.44. The molecule has 1 aromatic heterocycles. The van der Waals surface area contributed by atoms with Gasteiger partial charge in [0.25, 0.3) is 0 Å². The highest BCUT2D eigenvalue weighted by Gasteiger charge is 2.28. The standard InChI is InChI=1S/C12H19N3O/c1-9-11(6-7-16-9)15(2)12-5-3-4-10(8-13)14-12/h3-5,9,11H,6-8,13H2,1-2H3. The van der Waals surface area contributed by atoms with Crippen LogP contribution in [0, 0.1) is 0 Å². The maximum Gasteiger partial charge on any atom is 0.128 e. The Kier molecular flexibility index (Phi) is 3.41. The first-order chi connectivity index (χ1) is 7.72. The number of nitrogens with zero attached hydrogens (tertiary/aromatic N) is 2. The molecule has 0 saturated carbocycles. The van der Waals surface area contributed by atoms with Gasteiger partial charge < -0.3 is 15.4 Å². The van der Waals surface area contributed by atoms with Gasteiger partial charge in [0.15, 0.2) is 0 Å². The van der Waals surface area contributed by atoms with Crippen molar-refractivity contribution in [2.75, 3.05) is 18.6 Å². The molecule has 16 heavy (non-hydrogen) atoms. The fraction of sp³-hybridized carbons (Fsp3) is 0.583. The monoisotopic (exact) mass is 221 g/mol. The van der Waals surface area contributed by atoms with Crippen LogP contribution in [0.4, 0.5) is 5.82 Å². The lowest BCUT2D eigenvalue weighted by molar-refractivity contribution is 0.118. The molecule has 2 rings (SSSR count). The van der Waals surface area contributed by atoms with E-state index in [0.29, 0.717) is 12.6 Å². The zero-order valence-corrected chi connectivity index (χ0v) is 9.89. The van der Waals surface area contributed by atoms with Crippen LogP contribution in [0.15, 0.2) is 18.2 Å². The Hall–Kier alpha value is -1.13. The summed E-state index contributed by atoms with van der Waals surface area (Å²) in [5.41, 5.74) is 6.52. The van der Waals surface area contributed by atoms with E-state index in [1.165, 1.54) is 0 Å². The van der Waals surface area contributed by atoms with Crippen LogP contribution in [0.3, 0.4) is 0 Å². The van der Waals surface area contributed by atoms with Crippen LogP contribution in [0.25, 0.3) is 0 Å². The minimum Gasteiger partial charge on any atom is -0.376 e. The van der Waals surface area contributed by atoms with Crippen molar-refractivity contribution in [3.05, 3.63) is 23.9 Å². The summed E-state index contributed by atoms with van der Waals surface area (Å²) in [4.78, 5) is 6.71. The van der Waals surface area contributed by atoms with Gasteiger partial charge in [-0.05, 0) is 25.5 Å². The first kappa shape index (κ1) is 11.4. The minimum absolute atomic E-state index is 0.272. The Balaban J connectivity index is 2.16. The zero-order valence-electron chi connectivity index (χ0n) is 9.89. The first-order valence-electron chi connectivity index (χ1n) is 5.73. The molecule has 1 aliphatic rings. The molecule has 88 valence electrons. The predicted molar refractivity (Wildman–Crippen MR) is 64.4 cm³/mol. The van der Waals surface area contributed by atoms with Crippen LogP contribution in [0.5, 0.6) is 0 Å². The molecular formula is C12H19N3O. The number of hydrogen-bond acceptors (Lipinski definition) is 4. The number of anilines is 1. The summed E-state index contributed by atoms with van der Waals surface area (Å²) in [6, 6.07) is 6.39. The third kappa shape index (κ3) is 2.18. The average molecular weight is 221 g/mol. The summed E-state index contributed by atoms with van der Waals surface area (Å²) in [5.74, 6) is 0.977. The molecule has 0 radical (unpaired) electrons. The van der Waals surface area contributed by atoms with Crippen molar-refractivity contribution in [2.45, 2.75) is 32.0 Å². The summed E-state index contributed by atoms with van der Waals surface area (Å²) < 4.78 is 5.57. The Morgan fingerprint density at radius 1 is 1.56 bits per heavy atom. The van der Waals surface area contributed by atoms with Gasteiger partial charge in [0.1, 0.15) is 5.82 Å². The number of hydrogen-bond donors (Lipinski definition) is 1. The Labute approximate surface area is 96.4 Å². The van der Waals surface area contributed by atoms with Gasteiger partial charge >= 0.3 is 0 Å². The van der Waals surface area contributed by atoms with E-state index in [-0.39, 0.29) is 6.10 Å². The average Bonchev–Trinajstić information content (AvgIpc) is 2.74.